The lowest BCUT2D eigenvalue weighted by molar-refractivity contribution is -0.367. The Bertz CT molecular complexity index is 87.9. The van der Waals surface area contributed by atoms with E-state index >= 15 is 0 Å². The standard InChI is InChI=1S/C7H16O5/c1-3-9-11-6-7(5-8)12-10-4-2/h7-8H,3-6H2,1-2H3. The first-order valence-electron chi connectivity index (χ1n) is 3.98. The summed E-state index contributed by atoms with van der Waals surface area (Å²) in [5.74, 6) is 0. The van der Waals surface area contributed by atoms with Crippen LogP contribution in [0.4, 0.5) is 0 Å². The maximum atomic E-state index is 8.71. The van der Waals surface area contributed by atoms with Crippen LogP contribution in [0.15, 0.2) is 0 Å². The Balaban J connectivity index is 3.26. The molecule has 0 saturated heterocycles. The molecule has 74 valence electrons. The van der Waals surface area contributed by atoms with Crippen LogP contribution >= 0.6 is 0 Å². The summed E-state index contributed by atoms with van der Waals surface area (Å²) in [4.78, 5) is 18.6. The molecule has 0 radical (unpaired) electrons. The fourth-order valence-electron chi connectivity index (χ4n) is 0.483. The number of aliphatic hydroxyl groups is 1. The van der Waals surface area contributed by atoms with Gasteiger partial charge in [-0.05, 0) is 13.8 Å². The summed E-state index contributed by atoms with van der Waals surface area (Å²) in [6.45, 7) is 4.49. The smallest absolute Gasteiger partial charge is 0.142 e. The van der Waals surface area contributed by atoms with Crippen molar-refractivity contribution in [3.8, 4) is 0 Å². The predicted molar refractivity (Wildman–Crippen MR) is 41.2 cm³/mol. The first kappa shape index (κ1) is 11.8. The molecule has 0 aromatic rings. The first-order valence-corrected chi connectivity index (χ1v) is 3.98. The van der Waals surface area contributed by atoms with Crippen molar-refractivity contribution in [2.24, 2.45) is 0 Å². The van der Waals surface area contributed by atoms with Gasteiger partial charge in [-0.3, -0.25) is 0 Å². The minimum atomic E-state index is -0.489. The van der Waals surface area contributed by atoms with Crippen molar-refractivity contribution in [2.75, 3.05) is 26.4 Å². The highest BCUT2D eigenvalue weighted by Gasteiger charge is 2.08. The molecule has 0 aromatic heterocycles. The molecule has 0 saturated carbocycles. The Morgan fingerprint density at radius 2 is 1.75 bits per heavy atom. The van der Waals surface area contributed by atoms with Crippen molar-refractivity contribution < 1.29 is 24.7 Å². The van der Waals surface area contributed by atoms with E-state index in [0.29, 0.717) is 13.2 Å². The van der Waals surface area contributed by atoms with Gasteiger partial charge in [-0.15, -0.1) is 0 Å². The van der Waals surface area contributed by atoms with E-state index < -0.39 is 6.10 Å². The molecule has 1 N–H and O–H groups in total. The number of hydrogen-bond donors (Lipinski definition) is 1. The maximum Gasteiger partial charge on any atom is 0.142 e. The molecule has 0 rings (SSSR count). The third-order valence-corrected chi connectivity index (χ3v) is 0.981. The molecule has 0 bridgehead atoms. The molecule has 1 atom stereocenters. The van der Waals surface area contributed by atoms with Gasteiger partial charge in [0.1, 0.15) is 12.7 Å². The molecule has 12 heavy (non-hydrogen) atoms. The maximum absolute atomic E-state index is 8.71. The number of hydrogen-bond acceptors (Lipinski definition) is 5. The van der Waals surface area contributed by atoms with Gasteiger partial charge in [0.15, 0.2) is 0 Å². The Labute approximate surface area is 72.0 Å². The summed E-state index contributed by atoms with van der Waals surface area (Å²) in [7, 11) is 0. The van der Waals surface area contributed by atoms with E-state index in [0.717, 1.165) is 0 Å². The van der Waals surface area contributed by atoms with Crippen LogP contribution in [0.3, 0.4) is 0 Å². The van der Waals surface area contributed by atoms with Gasteiger partial charge in [0.25, 0.3) is 0 Å². The molecular weight excluding hydrogens is 164 g/mol. The van der Waals surface area contributed by atoms with E-state index in [4.69, 9.17) is 9.99 Å². The Morgan fingerprint density at radius 1 is 1.08 bits per heavy atom. The van der Waals surface area contributed by atoms with Crippen LogP contribution in [-0.2, 0) is 19.6 Å². The van der Waals surface area contributed by atoms with Crippen LogP contribution in [-0.4, -0.2) is 37.6 Å². The molecular formula is C7H16O5. The monoisotopic (exact) mass is 180 g/mol. The van der Waals surface area contributed by atoms with Gasteiger partial charge in [0.2, 0.25) is 0 Å². The molecule has 5 heteroatoms. The van der Waals surface area contributed by atoms with E-state index in [-0.39, 0.29) is 13.2 Å². The Morgan fingerprint density at radius 3 is 2.25 bits per heavy atom. The molecule has 0 heterocycles. The molecule has 0 aromatic carbocycles. The second-order valence-electron chi connectivity index (χ2n) is 2.00. The summed E-state index contributed by atoms with van der Waals surface area (Å²) >= 11 is 0. The van der Waals surface area contributed by atoms with Crippen LogP contribution < -0.4 is 0 Å². The van der Waals surface area contributed by atoms with Gasteiger partial charge >= 0.3 is 0 Å². The molecule has 0 amide bonds. The van der Waals surface area contributed by atoms with Crippen LogP contribution in [0.1, 0.15) is 13.8 Å². The molecule has 0 spiro atoms. The first-order chi connectivity index (χ1) is 5.85. The zero-order valence-corrected chi connectivity index (χ0v) is 7.49. The zero-order chi connectivity index (χ0) is 9.23. The fourth-order valence-corrected chi connectivity index (χ4v) is 0.483. The number of aliphatic hydroxyl groups excluding tert-OH is 1. The minimum Gasteiger partial charge on any atom is -0.393 e. The molecule has 5 nitrogen and oxygen atoms in total. The van der Waals surface area contributed by atoms with E-state index in [2.05, 4.69) is 14.7 Å². The van der Waals surface area contributed by atoms with Crippen molar-refractivity contribution in [3.63, 3.8) is 0 Å². The lowest BCUT2D eigenvalue weighted by atomic mass is 10.4. The third kappa shape index (κ3) is 6.51. The van der Waals surface area contributed by atoms with Crippen molar-refractivity contribution in [1.82, 2.24) is 0 Å². The van der Waals surface area contributed by atoms with Gasteiger partial charge in [-0.1, -0.05) is 0 Å². The predicted octanol–water partition coefficient (Wildman–Crippen LogP) is 0.283. The second-order valence-corrected chi connectivity index (χ2v) is 2.00. The Kier molecular flexibility index (Phi) is 8.74. The normalized spacial score (nSPS) is 13.2. The second kappa shape index (κ2) is 8.89. The highest BCUT2D eigenvalue weighted by molar-refractivity contribution is 4.48. The lowest BCUT2D eigenvalue weighted by Crippen LogP contribution is -2.24. The molecule has 0 fully saturated rings. The van der Waals surface area contributed by atoms with Crippen LogP contribution in [0, 0.1) is 0 Å². The largest absolute Gasteiger partial charge is 0.393 e. The fraction of sp³-hybridized carbons (Fsp3) is 1.00. The van der Waals surface area contributed by atoms with E-state index in [9.17, 15) is 0 Å². The molecule has 0 aliphatic carbocycles. The topological polar surface area (TPSA) is 57.2 Å². The van der Waals surface area contributed by atoms with Crippen LogP contribution in [0.5, 0.6) is 0 Å². The summed E-state index contributed by atoms with van der Waals surface area (Å²) in [5, 5.41) is 8.71. The average Bonchev–Trinajstić information content (AvgIpc) is 2.11. The highest BCUT2D eigenvalue weighted by Crippen LogP contribution is 1.94. The summed E-state index contributed by atoms with van der Waals surface area (Å²) in [6.07, 6.45) is -0.489. The SMILES string of the molecule is CCOOCC(CO)OOCC. The van der Waals surface area contributed by atoms with Gasteiger partial charge < -0.3 is 5.11 Å². The van der Waals surface area contributed by atoms with Crippen molar-refractivity contribution in [1.29, 1.82) is 0 Å². The van der Waals surface area contributed by atoms with Crippen molar-refractivity contribution in [2.45, 2.75) is 20.0 Å². The Hall–Kier alpha value is -0.200. The zero-order valence-electron chi connectivity index (χ0n) is 7.49. The van der Waals surface area contributed by atoms with Crippen molar-refractivity contribution in [3.05, 3.63) is 0 Å². The number of rotatable bonds is 8. The summed E-state index contributed by atoms with van der Waals surface area (Å²) < 4.78 is 0. The summed E-state index contributed by atoms with van der Waals surface area (Å²) in [6, 6.07) is 0. The van der Waals surface area contributed by atoms with Crippen LogP contribution in [0.25, 0.3) is 0 Å². The van der Waals surface area contributed by atoms with E-state index in [1.165, 1.54) is 0 Å². The van der Waals surface area contributed by atoms with Gasteiger partial charge in [0.05, 0.1) is 19.8 Å². The van der Waals surface area contributed by atoms with E-state index in [1.54, 1.807) is 13.8 Å². The van der Waals surface area contributed by atoms with Crippen molar-refractivity contribution >= 4 is 0 Å². The third-order valence-electron chi connectivity index (χ3n) is 0.981. The van der Waals surface area contributed by atoms with Crippen LogP contribution in [0.2, 0.25) is 0 Å². The summed E-state index contributed by atoms with van der Waals surface area (Å²) in [5.41, 5.74) is 0. The van der Waals surface area contributed by atoms with Gasteiger partial charge in [-0.2, -0.15) is 0 Å². The van der Waals surface area contributed by atoms with Gasteiger partial charge in [0, 0.05) is 0 Å². The lowest BCUT2D eigenvalue weighted by Gasteiger charge is -2.12. The minimum absolute atomic E-state index is 0.157. The quantitative estimate of drug-likeness (QED) is 0.330. The van der Waals surface area contributed by atoms with Gasteiger partial charge in [-0.25, -0.2) is 19.6 Å². The van der Waals surface area contributed by atoms with E-state index in [1.807, 2.05) is 0 Å². The highest BCUT2D eigenvalue weighted by atomic mass is 17.2. The molecule has 0 aliphatic heterocycles. The molecule has 1 unspecified atom stereocenters. The molecule has 0 aliphatic rings. The average molecular weight is 180 g/mol.